The third-order valence-corrected chi connectivity index (χ3v) is 3.47. The summed E-state index contributed by atoms with van der Waals surface area (Å²) in [5.74, 6) is 0.0357. The van der Waals surface area contributed by atoms with Crippen LogP contribution in [0.1, 0.15) is 11.1 Å². The van der Waals surface area contributed by atoms with Crippen molar-refractivity contribution in [3.05, 3.63) is 52.0 Å². The van der Waals surface area contributed by atoms with E-state index in [1.807, 2.05) is 13.1 Å². The highest BCUT2D eigenvalue weighted by molar-refractivity contribution is 7.07. The number of thiophene rings is 1. The Kier molecular flexibility index (Phi) is 4.33. The van der Waals surface area contributed by atoms with Crippen LogP contribution in [0, 0.1) is 5.82 Å². The van der Waals surface area contributed by atoms with Gasteiger partial charge in [-0.05, 0) is 35.5 Å². The van der Waals surface area contributed by atoms with Gasteiger partial charge in [0, 0.05) is 18.7 Å². The molecule has 0 N–H and O–H groups in total. The molecular formula is C14H16FNOS. The number of methoxy groups -OCH3 is 1. The van der Waals surface area contributed by atoms with Gasteiger partial charge < -0.3 is 4.74 Å². The molecule has 0 aliphatic heterocycles. The molecule has 2 rings (SSSR count). The van der Waals surface area contributed by atoms with Crippen LogP contribution in [-0.2, 0) is 13.1 Å². The lowest BCUT2D eigenvalue weighted by atomic mass is 10.2. The predicted molar refractivity (Wildman–Crippen MR) is 72.4 cm³/mol. The predicted octanol–water partition coefficient (Wildman–Crippen LogP) is 3.53. The minimum Gasteiger partial charge on any atom is -0.494 e. The van der Waals surface area contributed by atoms with Gasteiger partial charge in [-0.15, -0.1) is 0 Å². The van der Waals surface area contributed by atoms with Crippen LogP contribution < -0.4 is 4.74 Å². The number of ether oxygens (including phenoxy) is 1. The summed E-state index contributed by atoms with van der Waals surface area (Å²) in [4.78, 5) is 2.08. The Hall–Kier alpha value is -1.39. The first-order valence-corrected chi connectivity index (χ1v) is 6.66. The van der Waals surface area contributed by atoms with Crippen LogP contribution in [0.2, 0.25) is 0 Å². The Morgan fingerprint density at radius 1 is 1.28 bits per heavy atom. The number of rotatable bonds is 5. The first kappa shape index (κ1) is 13.1. The van der Waals surface area contributed by atoms with Crippen LogP contribution in [-0.4, -0.2) is 19.1 Å². The molecule has 0 aliphatic rings. The van der Waals surface area contributed by atoms with Gasteiger partial charge in [0.15, 0.2) is 11.6 Å². The summed E-state index contributed by atoms with van der Waals surface area (Å²) in [6.07, 6.45) is 0. The molecule has 2 nitrogen and oxygen atoms in total. The molecule has 0 bridgehead atoms. The van der Waals surface area contributed by atoms with Crippen molar-refractivity contribution in [3.8, 4) is 5.75 Å². The number of halogens is 1. The lowest BCUT2D eigenvalue weighted by Crippen LogP contribution is -2.17. The fraction of sp³-hybridized carbons (Fsp3) is 0.286. The molecule has 0 saturated heterocycles. The van der Waals surface area contributed by atoms with E-state index >= 15 is 0 Å². The van der Waals surface area contributed by atoms with Crippen LogP contribution in [0.15, 0.2) is 35.0 Å². The fourth-order valence-electron chi connectivity index (χ4n) is 1.88. The molecule has 0 spiro atoms. The minimum atomic E-state index is -0.267. The highest BCUT2D eigenvalue weighted by atomic mass is 32.1. The Balaban J connectivity index is 2.05. The number of hydrogen-bond donors (Lipinski definition) is 0. The monoisotopic (exact) mass is 265 g/mol. The van der Waals surface area contributed by atoms with E-state index in [9.17, 15) is 4.39 Å². The van der Waals surface area contributed by atoms with E-state index in [-0.39, 0.29) is 5.82 Å². The molecule has 18 heavy (non-hydrogen) atoms. The number of benzene rings is 1. The second kappa shape index (κ2) is 5.98. The average molecular weight is 265 g/mol. The molecule has 0 unspecified atom stereocenters. The molecule has 0 atom stereocenters. The van der Waals surface area contributed by atoms with Gasteiger partial charge in [0.25, 0.3) is 0 Å². The van der Waals surface area contributed by atoms with Gasteiger partial charge in [-0.25, -0.2) is 4.39 Å². The summed E-state index contributed by atoms with van der Waals surface area (Å²) in [6.45, 7) is 1.39. The topological polar surface area (TPSA) is 12.5 Å². The first-order chi connectivity index (χ1) is 8.70. The van der Waals surface area contributed by atoms with E-state index in [1.165, 1.54) is 12.7 Å². The summed E-state index contributed by atoms with van der Waals surface area (Å²) in [7, 11) is 3.47. The van der Waals surface area contributed by atoms with Crippen molar-refractivity contribution in [3.63, 3.8) is 0 Å². The molecule has 1 aromatic carbocycles. The van der Waals surface area contributed by atoms with Crippen LogP contribution in [0.4, 0.5) is 4.39 Å². The Morgan fingerprint density at radius 2 is 2.11 bits per heavy atom. The average Bonchev–Trinajstić information content (AvgIpc) is 2.84. The lowest BCUT2D eigenvalue weighted by Gasteiger charge is -2.17. The third-order valence-electron chi connectivity index (χ3n) is 2.74. The highest BCUT2D eigenvalue weighted by Gasteiger charge is 2.10. The van der Waals surface area contributed by atoms with E-state index in [0.717, 1.165) is 6.54 Å². The smallest absolute Gasteiger partial charge is 0.169 e. The normalized spacial score (nSPS) is 10.9. The maximum Gasteiger partial charge on any atom is 0.169 e. The summed E-state index contributed by atoms with van der Waals surface area (Å²) in [5, 5.41) is 4.16. The maximum absolute atomic E-state index is 14.0. The highest BCUT2D eigenvalue weighted by Crippen LogP contribution is 2.21. The van der Waals surface area contributed by atoms with Crippen molar-refractivity contribution in [2.45, 2.75) is 13.1 Å². The van der Waals surface area contributed by atoms with Gasteiger partial charge in [0.05, 0.1) is 7.11 Å². The van der Waals surface area contributed by atoms with E-state index in [2.05, 4.69) is 21.7 Å². The Morgan fingerprint density at radius 3 is 2.78 bits per heavy atom. The van der Waals surface area contributed by atoms with Gasteiger partial charge in [0.2, 0.25) is 0 Å². The fourth-order valence-corrected chi connectivity index (χ4v) is 2.54. The second-order valence-corrected chi connectivity index (χ2v) is 5.02. The molecule has 96 valence electrons. The van der Waals surface area contributed by atoms with Crippen molar-refractivity contribution in [2.75, 3.05) is 14.2 Å². The van der Waals surface area contributed by atoms with E-state index in [0.29, 0.717) is 17.9 Å². The second-order valence-electron chi connectivity index (χ2n) is 4.24. The molecule has 4 heteroatoms. The minimum absolute atomic E-state index is 0.267. The zero-order valence-electron chi connectivity index (χ0n) is 10.5. The molecule has 0 fully saturated rings. The Bertz CT molecular complexity index is 499. The van der Waals surface area contributed by atoms with Gasteiger partial charge >= 0.3 is 0 Å². The quantitative estimate of drug-likeness (QED) is 0.820. The van der Waals surface area contributed by atoms with Gasteiger partial charge in [-0.3, -0.25) is 4.90 Å². The van der Waals surface area contributed by atoms with Crippen molar-refractivity contribution in [1.82, 2.24) is 4.90 Å². The zero-order chi connectivity index (χ0) is 13.0. The van der Waals surface area contributed by atoms with Crippen LogP contribution >= 0.6 is 11.3 Å². The largest absolute Gasteiger partial charge is 0.494 e. The van der Waals surface area contributed by atoms with E-state index in [4.69, 9.17) is 4.74 Å². The van der Waals surface area contributed by atoms with Crippen LogP contribution in [0.3, 0.4) is 0 Å². The molecular weight excluding hydrogens is 249 g/mol. The zero-order valence-corrected chi connectivity index (χ0v) is 11.3. The molecule has 1 heterocycles. The summed E-state index contributed by atoms with van der Waals surface area (Å²) in [5.41, 5.74) is 1.91. The van der Waals surface area contributed by atoms with Crippen LogP contribution in [0.5, 0.6) is 5.75 Å². The molecule has 0 amide bonds. The van der Waals surface area contributed by atoms with Crippen molar-refractivity contribution < 1.29 is 9.13 Å². The van der Waals surface area contributed by atoms with Gasteiger partial charge in [-0.2, -0.15) is 11.3 Å². The van der Waals surface area contributed by atoms with Gasteiger partial charge in [-0.1, -0.05) is 12.1 Å². The summed E-state index contributed by atoms with van der Waals surface area (Å²) >= 11 is 1.68. The van der Waals surface area contributed by atoms with Gasteiger partial charge in [0.1, 0.15) is 0 Å². The van der Waals surface area contributed by atoms with Crippen molar-refractivity contribution in [1.29, 1.82) is 0 Å². The Labute approximate surface area is 111 Å². The third kappa shape index (κ3) is 3.09. The SMILES string of the molecule is COc1cccc(CN(C)Cc2ccsc2)c1F. The molecule has 0 saturated carbocycles. The molecule has 0 aliphatic carbocycles. The van der Waals surface area contributed by atoms with E-state index < -0.39 is 0 Å². The first-order valence-electron chi connectivity index (χ1n) is 5.71. The molecule has 2 aromatic rings. The number of nitrogens with zero attached hydrogens (tertiary/aromatic N) is 1. The number of hydrogen-bond acceptors (Lipinski definition) is 3. The molecule has 0 radical (unpaired) electrons. The maximum atomic E-state index is 14.0. The standard InChI is InChI=1S/C14H16FNOS/c1-16(8-11-6-7-18-10-11)9-12-4-3-5-13(17-2)14(12)15/h3-7,10H,8-9H2,1-2H3. The van der Waals surface area contributed by atoms with E-state index in [1.54, 1.807) is 23.5 Å². The van der Waals surface area contributed by atoms with Crippen molar-refractivity contribution >= 4 is 11.3 Å². The van der Waals surface area contributed by atoms with Crippen LogP contribution in [0.25, 0.3) is 0 Å². The summed E-state index contributed by atoms with van der Waals surface area (Å²) < 4.78 is 18.9. The molecule has 1 aromatic heterocycles. The lowest BCUT2D eigenvalue weighted by molar-refractivity contribution is 0.309. The van der Waals surface area contributed by atoms with Crippen molar-refractivity contribution in [2.24, 2.45) is 0 Å². The summed E-state index contributed by atoms with van der Waals surface area (Å²) in [6, 6.07) is 7.33.